The van der Waals surface area contributed by atoms with Crippen LogP contribution in [-0.2, 0) is 0 Å². The summed E-state index contributed by atoms with van der Waals surface area (Å²) in [6, 6.07) is 8.40. The molecule has 0 aromatic heterocycles. The van der Waals surface area contributed by atoms with Gasteiger partial charge in [-0.1, -0.05) is 32.0 Å². The molecule has 1 aromatic rings. The lowest BCUT2D eigenvalue weighted by Crippen LogP contribution is -2.50. The van der Waals surface area contributed by atoms with E-state index in [1.165, 1.54) is 5.56 Å². The Morgan fingerprint density at radius 2 is 2.13 bits per heavy atom. The molecule has 2 rings (SSSR count). The van der Waals surface area contributed by atoms with Gasteiger partial charge in [-0.15, -0.1) is 0 Å². The highest BCUT2D eigenvalue weighted by Crippen LogP contribution is 2.29. The van der Waals surface area contributed by atoms with Gasteiger partial charge in [0.05, 0.1) is 0 Å². The average Bonchev–Trinajstić information content (AvgIpc) is 2.23. The van der Waals surface area contributed by atoms with Crippen LogP contribution < -0.4 is 10.1 Å². The van der Waals surface area contributed by atoms with E-state index in [2.05, 4.69) is 37.4 Å². The van der Waals surface area contributed by atoms with Gasteiger partial charge in [-0.25, -0.2) is 0 Å². The zero-order valence-electron chi connectivity index (χ0n) is 9.49. The fraction of sp³-hybridized carbons (Fsp3) is 0.538. The van der Waals surface area contributed by atoms with Gasteiger partial charge in [-0.3, -0.25) is 0 Å². The van der Waals surface area contributed by atoms with E-state index < -0.39 is 0 Å². The summed E-state index contributed by atoms with van der Waals surface area (Å²) < 4.78 is 5.94. The van der Waals surface area contributed by atoms with Crippen LogP contribution in [0, 0.1) is 0 Å². The first-order valence-electron chi connectivity index (χ1n) is 5.77. The smallest absolute Gasteiger partial charge is 0.123 e. The van der Waals surface area contributed by atoms with Gasteiger partial charge < -0.3 is 10.1 Å². The molecule has 0 aliphatic carbocycles. The van der Waals surface area contributed by atoms with Crippen molar-refractivity contribution in [3.8, 4) is 5.75 Å². The van der Waals surface area contributed by atoms with Crippen LogP contribution in [0.25, 0.3) is 0 Å². The van der Waals surface area contributed by atoms with Gasteiger partial charge in [0.15, 0.2) is 0 Å². The standard InChI is InChI=1S/C13H19NO/c1-3-10(2)12-6-4-5-7-13(12)15-11-8-14-9-11/h4-7,10-11,14H,3,8-9H2,1-2H3. The van der Waals surface area contributed by atoms with Crippen LogP contribution in [0.1, 0.15) is 31.7 Å². The molecule has 1 unspecified atom stereocenters. The van der Waals surface area contributed by atoms with Crippen molar-refractivity contribution < 1.29 is 4.74 Å². The molecule has 1 aliphatic heterocycles. The first-order valence-corrected chi connectivity index (χ1v) is 5.77. The molecule has 1 aliphatic rings. The van der Waals surface area contributed by atoms with Crippen LogP contribution in [0.3, 0.4) is 0 Å². The Balaban J connectivity index is 2.13. The minimum atomic E-state index is 0.371. The molecule has 0 bridgehead atoms. The third-order valence-electron chi connectivity index (χ3n) is 3.10. The molecule has 2 nitrogen and oxygen atoms in total. The van der Waals surface area contributed by atoms with E-state index in [0.29, 0.717) is 12.0 Å². The highest BCUT2D eigenvalue weighted by Gasteiger charge is 2.20. The van der Waals surface area contributed by atoms with E-state index in [4.69, 9.17) is 4.74 Å². The van der Waals surface area contributed by atoms with Gasteiger partial charge >= 0.3 is 0 Å². The lowest BCUT2D eigenvalue weighted by atomic mass is 9.98. The van der Waals surface area contributed by atoms with E-state index in [1.54, 1.807) is 0 Å². The molecular formula is C13H19NO. The fourth-order valence-electron chi connectivity index (χ4n) is 1.74. The minimum absolute atomic E-state index is 0.371. The van der Waals surface area contributed by atoms with Crippen molar-refractivity contribution in [1.82, 2.24) is 5.32 Å². The summed E-state index contributed by atoms with van der Waals surface area (Å²) in [6.45, 7) is 6.43. The summed E-state index contributed by atoms with van der Waals surface area (Å²) >= 11 is 0. The summed E-state index contributed by atoms with van der Waals surface area (Å²) in [5.41, 5.74) is 1.34. The topological polar surface area (TPSA) is 21.3 Å². The van der Waals surface area contributed by atoms with Crippen molar-refractivity contribution in [2.75, 3.05) is 13.1 Å². The third-order valence-corrected chi connectivity index (χ3v) is 3.10. The van der Waals surface area contributed by atoms with Crippen molar-refractivity contribution in [2.24, 2.45) is 0 Å². The molecule has 1 saturated heterocycles. The Bertz CT molecular complexity index is 320. The molecule has 1 fully saturated rings. The maximum absolute atomic E-state index is 5.94. The summed E-state index contributed by atoms with van der Waals surface area (Å²) in [5, 5.41) is 3.22. The van der Waals surface area contributed by atoms with Crippen molar-refractivity contribution >= 4 is 0 Å². The summed E-state index contributed by atoms with van der Waals surface area (Å²) in [7, 11) is 0. The maximum atomic E-state index is 5.94. The summed E-state index contributed by atoms with van der Waals surface area (Å²) in [6.07, 6.45) is 1.53. The predicted octanol–water partition coefficient (Wildman–Crippen LogP) is 2.55. The van der Waals surface area contributed by atoms with E-state index >= 15 is 0 Å². The van der Waals surface area contributed by atoms with Gasteiger partial charge in [-0.05, 0) is 24.0 Å². The molecule has 2 heteroatoms. The number of ether oxygens (including phenoxy) is 1. The zero-order chi connectivity index (χ0) is 10.7. The van der Waals surface area contributed by atoms with E-state index in [1.807, 2.05) is 6.07 Å². The van der Waals surface area contributed by atoms with Gasteiger partial charge in [0.2, 0.25) is 0 Å². The number of para-hydroxylation sites is 1. The minimum Gasteiger partial charge on any atom is -0.487 e. The summed E-state index contributed by atoms with van der Waals surface area (Å²) in [4.78, 5) is 0. The largest absolute Gasteiger partial charge is 0.487 e. The van der Waals surface area contributed by atoms with Gasteiger partial charge in [0.25, 0.3) is 0 Å². The normalized spacial score (nSPS) is 18.3. The van der Waals surface area contributed by atoms with Crippen molar-refractivity contribution in [2.45, 2.75) is 32.3 Å². The van der Waals surface area contributed by atoms with Crippen molar-refractivity contribution in [3.05, 3.63) is 29.8 Å². The molecule has 0 saturated carbocycles. The quantitative estimate of drug-likeness (QED) is 0.815. The Morgan fingerprint density at radius 1 is 1.40 bits per heavy atom. The molecule has 82 valence electrons. The number of hydrogen-bond donors (Lipinski definition) is 1. The molecule has 1 atom stereocenters. The summed E-state index contributed by atoms with van der Waals surface area (Å²) in [5.74, 6) is 1.65. The van der Waals surface area contributed by atoms with Gasteiger partial charge in [0.1, 0.15) is 11.9 Å². The first-order chi connectivity index (χ1) is 7.31. The number of hydrogen-bond acceptors (Lipinski definition) is 2. The van der Waals surface area contributed by atoms with Crippen LogP contribution in [0.2, 0.25) is 0 Å². The van der Waals surface area contributed by atoms with Crippen molar-refractivity contribution in [1.29, 1.82) is 0 Å². The van der Waals surface area contributed by atoms with E-state index in [9.17, 15) is 0 Å². The lowest BCUT2D eigenvalue weighted by Gasteiger charge is -2.29. The molecule has 0 spiro atoms. The molecule has 1 aromatic carbocycles. The Morgan fingerprint density at radius 3 is 2.73 bits per heavy atom. The number of rotatable bonds is 4. The SMILES string of the molecule is CCC(C)c1ccccc1OC1CNC1. The predicted molar refractivity (Wildman–Crippen MR) is 62.4 cm³/mol. The van der Waals surface area contributed by atoms with Crippen LogP contribution >= 0.6 is 0 Å². The third kappa shape index (κ3) is 2.32. The maximum Gasteiger partial charge on any atom is 0.123 e. The van der Waals surface area contributed by atoms with E-state index in [-0.39, 0.29) is 0 Å². The Hall–Kier alpha value is -1.02. The van der Waals surface area contributed by atoms with Crippen LogP contribution in [-0.4, -0.2) is 19.2 Å². The first kappa shape index (κ1) is 10.5. The van der Waals surface area contributed by atoms with Crippen LogP contribution in [0.5, 0.6) is 5.75 Å². The molecule has 0 radical (unpaired) electrons. The van der Waals surface area contributed by atoms with Crippen LogP contribution in [0.4, 0.5) is 0 Å². The van der Waals surface area contributed by atoms with Gasteiger partial charge in [0, 0.05) is 13.1 Å². The second-order valence-electron chi connectivity index (χ2n) is 4.25. The van der Waals surface area contributed by atoms with Crippen molar-refractivity contribution in [3.63, 3.8) is 0 Å². The molecule has 0 amide bonds. The van der Waals surface area contributed by atoms with Gasteiger partial charge in [-0.2, -0.15) is 0 Å². The highest BCUT2D eigenvalue weighted by molar-refractivity contribution is 5.36. The molecule has 1 heterocycles. The molecule has 15 heavy (non-hydrogen) atoms. The zero-order valence-corrected chi connectivity index (χ0v) is 9.49. The van der Waals surface area contributed by atoms with Crippen LogP contribution in [0.15, 0.2) is 24.3 Å². The Kier molecular flexibility index (Phi) is 3.27. The number of benzene rings is 1. The second kappa shape index (κ2) is 4.67. The molecule has 1 N–H and O–H groups in total. The van der Waals surface area contributed by atoms with E-state index in [0.717, 1.165) is 25.3 Å². The monoisotopic (exact) mass is 205 g/mol. The number of nitrogens with one attached hydrogen (secondary N) is 1. The average molecular weight is 205 g/mol. The Labute approximate surface area is 91.6 Å². The molecular weight excluding hydrogens is 186 g/mol. The second-order valence-corrected chi connectivity index (χ2v) is 4.25. The lowest BCUT2D eigenvalue weighted by molar-refractivity contribution is 0.140. The fourth-order valence-corrected chi connectivity index (χ4v) is 1.74. The highest BCUT2D eigenvalue weighted by atomic mass is 16.5.